The topological polar surface area (TPSA) is 35.2 Å². The molecule has 0 aliphatic heterocycles. The Hall–Kier alpha value is -1.67. The number of rotatable bonds is 3. The van der Waals surface area contributed by atoms with Crippen LogP contribution in [-0.2, 0) is 6.61 Å². The standard InChI is InChI=1S/C14H14ClNO/c1-10-3-2-4-13(14(10)16)17-9-11-5-7-12(15)8-6-11/h2-8H,9,16H2,1H3. The number of ether oxygens (including phenoxy) is 1. The lowest BCUT2D eigenvalue weighted by molar-refractivity contribution is 0.308. The Labute approximate surface area is 106 Å². The summed E-state index contributed by atoms with van der Waals surface area (Å²) in [6.45, 7) is 2.45. The summed E-state index contributed by atoms with van der Waals surface area (Å²) in [5.41, 5.74) is 8.71. The molecule has 0 aromatic heterocycles. The van der Waals surface area contributed by atoms with E-state index in [1.54, 1.807) is 0 Å². The number of hydrogen-bond donors (Lipinski definition) is 1. The maximum absolute atomic E-state index is 5.92. The summed E-state index contributed by atoms with van der Waals surface area (Å²) in [5, 5.41) is 0.726. The van der Waals surface area contributed by atoms with Gasteiger partial charge in [-0.15, -0.1) is 0 Å². The zero-order valence-corrected chi connectivity index (χ0v) is 10.4. The second kappa shape index (κ2) is 5.11. The lowest BCUT2D eigenvalue weighted by Gasteiger charge is -2.10. The first-order chi connectivity index (χ1) is 8.16. The minimum Gasteiger partial charge on any atom is -0.487 e. The van der Waals surface area contributed by atoms with E-state index in [9.17, 15) is 0 Å². The van der Waals surface area contributed by atoms with Gasteiger partial charge in [-0.3, -0.25) is 0 Å². The maximum atomic E-state index is 5.92. The molecule has 2 nitrogen and oxygen atoms in total. The molecular weight excluding hydrogens is 234 g/mol. The average molecular weight is 248 g/mol. The van der Waals surface area contributed by atoms with Gasteiger partial charge >= 0.3 is 0 Å². The van der Waals surface area contributed by atoms with E-state index < -0.39 is 0 Å². The molecule has 0 aliphatic rings. The van der Waals surface area contributed by atoms with Gasteiger partial charge in [-0.25, -0.2) is 0 Å². The predicted octanol–water partition coefficient (Wildman–Crippen LogP) is 3.81. The summed E-state index contributed by atoms with van der Waals surface area (Å²) in [4.78, 5) is 0. The van der Waals surface area contributed by atoms with Gasteiger partial charge in [0.2, 0.25) is 0 Å². The van der Waals surface area contributed by atoms with Crippen LogP contribution in [0.4, 0.5) is 5.69 Å². The fraction of sp³-hybridized carbons (Fsp3) is 0.143. The second-order valence-corrected chi connectivity index (χ2v) is 4.34. The van der Waals surface area contributed by atoms with Crippen LogP contribution < -0.4 is 10.5 Å². The highest BCUT2D eigenvalue weighted by atomic mass is 35.5. The third kappa shape index (κ3) is 2.92. The van der Waals surface area contributed by atoms with Gasteiger partial charge in [0.05, 0.1) is 5.69 Å². The molecule has 88 valence electrons. The number of para-hydroxylation sites is 1. The molecule has 2 aromatic rings. The zero-order chi connectivity index (χ0) is 12.3. The first-order valence-electron chi connectivity index (χ1n) is 5.39. The molecule has 2 N–H and O–H groups in total. The molecule has 0 atom stereocenters. The first kappa shape index (κ1) is 11.8. The number of aryl methyl sites for hydroxylation is 1. The van der Waals surface area contributed by atoms with E-state index in [0.29, 0.717) is 12.3 Å². The van der Waals surface area contributed by atoms with Crippen molar-refractivity contribution in [1.29, 1.82) is 0 Å². The van der Waals surface area contributed by atoms with Crippen LogP contribution in [0.3, 0.4) is 0 Å². The van der Waals surface area contributed by atoms with Crippen LogP contribution in [0.15, 0.2) is 42.5 Å². The van der Waals surface area contributed by atoms with Crippen molar-refractivity contribution in [1.82, 2.24) is 0 Å². The summed E-state index contributed by atoms with van der Waals surface area (Å²) >= 11 is 5.81. The van der Waals surface area contributed by atoms with Crippen molar-refractivity contribution < 1.29 is 4.74 Å². The number of nitrogens with two attached hydrogens (primary N) is 1. The highest BCUT2D eigenvalue weighted by Gasteiger charge is 2.02. The van der Waals surface area contributed by atoms with E-state index in [2.05, 4.69) is 0 Å². The molecule has 0 aliphatic carbocycles. The lowest BCUT2D eigenvalue weighted by Crippen LogP contribution is -1.99. The van der Waals surface area contributed by atoms with Crippen LogP contribution in [0.1, 0.15) is 11.1 Å². The Morgan fingerprint density at radius 3 is 2.53 bits per heavy atom. The molecule has 0 radical (unpaired) electrons. The predicted molar refractivity (Wildman–Crippen MR) is 71.4 cm³/mol. The van der Waals surface area contributed by atoms with E-state index in [0.717, 1.165) is 21.9 Å². The molecule has 2 rings (SSSR count). The molecule has 0 spiro atoms. The molecule has 3 heteroatoms. The number of anilines is 1. The fourth-order valence-corrected chi connectivity index (χ4v) is 1.65. The number of halogens is 1. The van der Waals surface area contributed by atoms with Crippen LogP contribution in [-0.4, -0.2) is 0 Å². The minimum absolute atomic E-state index is 0.491. The Morgan fingerprint density at radius 2 is 1.82 bits per heavy atom. The Balaban J connectivity index is 2.07. The largest absolute Gasteiger partial charge is 0.487 e. The van der Waals surface area contributed by atoms with Crippen LogP contribution in [0.5, 0.6) is 5.75 Å². The molecule has 0 bridgehead atoms. The van der Waals surface area contributed by atoms with E-state index in [4.69, 9.17) is 22.1 Å². The molecule has 0 saturated heterocycles. The van der Waals surface area contributed by atoms with E-state index in [1.807, 2.05) is 49.4 Å². The van der Waals surface area contributed by atoms with Gasteiger partial charge in [0.15, 0.2) is 0 Å². The molecule has 2 aromatic carbocycles. The van der Waals surface area contributed by atoms with Crippen LogP contribution in [0.25, 0.3) is 0 Å². The molecule has 0 fully saturated rings. The fourth-order valence-electron chi connectivity index (χ4n) is 1.52. The van der Waals surface area contributed by atoms with Gasteiger partial charge in [0, 0.05) is 5.02 Å². The number of hydrogen-bond acceptors (Lipinski definition) is 2. The van der Waals surface area contributed by atoms with Gasteiger partial charge in [-0.1, -0.05) is 35.9 Å². The summed E-state index contributed by atoms with van der Waals surface area (Å²) in [6.07, 6.45) is 0. The van der Waals surface area contributed by atoms with Gasteiger partial charge in [-0.05, 0) is 36.2 Å². The number of benzene rings is 2. The molecular formula is C14H14ClNO. The van der Waals surface area contributed by atoms with Crippen molar-refractivity contribution >= 4 is 17.3 Å². The normalized spacial score (nSPS) is 10.2. The Morgan fingerprint density at radius 1 is 1.12 bits per heavy atom. The lowest BCUT2D eigenvalue weighted by atomic mass is 10.2. The molecule has 0 unspecified atom stereocenters. The van der Waals surface area contributed by atoms with Crippen molar-refractivity contribution in [3.8, 4) is 5.75 Å². The van der Waals surface area contributed by atoms with Crippen molar-refractivity contribution in [3.63, 3.8) is 0 Å². The Bertz CT molecular complexity index is 508. The van der Waals surface area contributed by atoms with Crippen molar-refractivity contribution in [2.24, 2.45) is 0 Å². The molecule has 0 heterocycles. The van der Waals surface area contributed by atoms with Crippen LogP contribution in [0.2, 0.25) is 5.02 Å². The minimum atomic E-state index is 0.491. The van der Waals surface area contributed by atoms with Crippen molar-refractivity contribution in [2.45, 2.75) is 13.5 Å². The smallest absolute Gasteiger partial charge is 0.142 e. The molecule has 0 saturated carbocycles. The average Bonchev–Trinajstić information content (AvgIpc) is 2.33. The zero-order valence-electron chi connectivity index (χ0n) is 9.61. The van der Waals surface area contributed by atoms with Gasteiger partial charge in [0.25, 0.3) is 0 Å². The number of nitrogen functional groups attached to an aromatic ring is 1. The third-order valence-corrected chi connectivity index (χ3v) is 2.84. The third-order valence-electron chi connectivity index (χ3n) is 2.59. The molecule has 0 amide bonds. The van der Waals surface area contributed by atoms with Crippen LogP contribution in [0, 0.1) is 6.92 Å². The molecule has 17 heavy (non-hydrogen) atoms. The summed E-state index contributed by atoms with van der Waals surface area (Å²) in [5.74, 6) is 0.722. The SMILES string of the molecule is Cc1cccc(OCc2ccc(Cl)cc2)c1N. The monoisotopic (exact) mass is 247 g/mol. The Kier molecular flexibility index (Phi) is 3.55. The summed E-state index contributed by atoms with van der Waals surface area (Å²) < 4.78 is 5.68. The van der Waals surface area contributed by atoms with Gasteiger partial charge in [-0.2, -0.15) is 0 Å². The van der Waals surface area contributed by atoms with E-state index >= 15 is 0 Å². The van der Waals surface area contributed by atoms with Crippen molar-refractivity contribution in [3.05, 3.63) is 58.6 Å². The van der Waals surface area contributed by atoms with Crippen molar-refractivity contribution in [2.75, 3.05) is 5.73 Å². The van der Waals surface area contributed by atoms with Gasteiger partial charge < -0.3 is 10.5 Å². The summed E-state index contributed by atoms with van der Waals surface area (Å²) in [7, 11) is 0. The second-order valence-electron chi connectivity index (χ2n) is 3.90. The quantitative estimate of drug-likeness (QED) is 0.837. The maximum Gasteiger partial charge on any atom is 0.142 e. The summed E-state index contributed by atoms with van der Waals surface area (Å²) in [6, 6.07) is 13.3. The highest BCUT2D eigenvalue weighted by molar-refractivity contribution is 6.30. The van der Waals surface area contributed by atoms with E-state index in [1.165, 1.54) is 0 Å². The first-order valence-corrected chi connectivity index (χ1v) is 5.77. The van der Waals surface area contributed by atoms with Gasteiger partial charge in [0.1, 0.15) is 12.4 Å². The van der Waals surface area contributed by atoms with Crippen LogP contribution >= 0.6 is 11.6 Å². The highest BCUT2D eigenvalue weighted by Crippen LogP contribution is 2.25. The van der Waals surface area contributed by atoms with E-state index in [-0.39, 0.29) is 0 Å².